The molecule has 1 amide bonds. The van der Waals surface area contributed by atoms with Gasteiger partial charge < -0.3 is 10.0 Å². The van der Waals surface area contributed by atoms with Crippen LogP contribution in [0.5, 0.6) is 0 Å². The van der Waals surface area contributed by atoms with E-state index in [0.29, 0.717) is 5.56 Å². The Bertz CT molecular complexity index is 499. The van der Waals surface area contributed by atoms with Crippen molar-refractivity contribution in [3.8, 4) is 12.3 Å². The van der Waals surface area contributed by atoms with Crippen molar-refractivity contribution in [3.05, 3.63) is 35.1 Å². The van der Waals surface area contributed by atoms with Crippen molar-refractivity contribution in [1.82, 2.24) is 4.90 Å². The number of aryl methyl sites for hydroxylation is 1. The van der Waals surface area contributed by atoms with Crippen LogP contribution in [0.2, 0.25) is 0 Å². The van der Waals surface area contributed by atoms with E-state index >= 15 is 0 Å². The van der Waals surface area contributed by atoms with Gasteiger partial charge in [0.1, 0.15) is 12.4 Å². The number of benzene rings is 1. The molecule has 1 aromatic rings. The molecule has 0 aromatic heterocycles. The Morgan fingerprint density at radius 2 is 2.11 bits per heavy atom. The maximum Gasteiger partial charge on any atom is 0.323 e. The zero-order valence-corrected chi connectivity index (χ0v) is 9.81. The predicted octanol–water partition coefficient (Wildman–Crippen LogP) is 1.29. The largest absolute Gasteiger partial charge is 0.480 e. The van der Waals surface area contributed by atoms with Crippen LogP contribution in [0.3, 0.4) is 0 Å². The van der Waals surface area contributed by atoms with E-state index in [-0.39, 0.29) is 12.1 Å². The summed E-state index contributed by atoms with van der Waals surface area (Å²) in [6.45, 7) is 0.988. The maximum absolute atomic E-state index is 13.2. The van der Waals surface area contributed by atoms with E-state index in [4.69, 9.17) is 11.5 Å². The molecule has 0 aliphatic heterocycles. The lowest BCUT2D eigenvalue weighted by molar-refractivity contribution is -0.137. The highest BCUT2D eigenvalue weighted by atomic mass is 19.1. The number of halogens is 1. The first kappa shape index (κ1) is 13.7. The van der Waals surface area contributed by atoms with Gasteiger partial charge in [0.2, 0.25) is 0 Å². The van der Waals surface area contributed by atoms with Crippen molar-refractivity contribution >= 4 is 11.9 Å². The van der Waals surface area contributed by atoms with E-state index in [2.05, 4.69) is 5.92 Å². The molecule has 1 N–H and O–H groups in total. The van der Waals surface area contributed by atoms with E-state index in [0.717, 1.165) is 11.0 Å². The molecule has 1 aromatic carbocycles. The molecule has 0 saturated heterocycles. The van der Waals surface area contributed by atoms with Crippen LogP contribution >= 0.6 is 0 Å². The molecule has 0 aliphatic carbocycles. The van der Waals surface area contributed by atoms with Crippen LogP contribution in [-0.2, 0) is 4.79 Å². The Kier molecular flexibility index (Phi) is 4.44. The molecule has 5 heteroatoms. The zero-order chi connectivity index (χ0) is 13.7. The lowest BCUT2D eigenvalue weighted by Crippen LogP contribution is -2.36. The quantitative estimate of drug-likeness (QED) is 0.818. The van der Waals surface area contributed by atoms with Gasteiger partial charge in [-0.3, -0.25) is 9.59 Å². The van der Waals surface area contributed by atoms with Crippen molar-refractivity contribution in [3.63, 3.8) is 0 Å². The zero-order valence-electron chi connectivity index (χ0n) is 9.81. The average molecular weight is 249 g/mol. The van der Waals surface area contributed by atoms with E-state index in [9.17, 15) is 14.0 Å². The molecular formula is C13H12FNO3. The van der Waals surface area contributed by atoms with Gasteiger partial charge in [0.05, 0.1) is 6.54 Å². The number of rotatable bonds is 4. The monoisotopic (exact) mass is 249 g/mol. The number of nitrogens with zero attached hydrogens (tertiary/aromatic N) is 1. The highest BCUT2D eigenvalue weighted by molar-refractivity contribution is 5.96. The summed E-state index contributed by atoms with van der Waals surface area (Å²) < 4.78 is 13.2. The number of hydrogen-bond donors (Lipinski definition) is 1. The van der Waals surface area contributed by atoms with Gasteiger partial charge >= 0.3 is 5.97 Å². The van der Waals surface area contributed by atoms with Gasteiger partial charge in [0.25, 0.3) is 5.91 Å². The minimum absolute atomic E-state index is 0.0870. The first-order chi connectivity index (χ1) is 8.43. The van der Waals surface area contributed by atoms with Crippen molar-refractivity contribution in [2.45, 2.75) is 6.92 Å². The van der Waals surface area contributed by atoms with Crippen LogP contribution < -0.4 is 0 Å². The molecule has 0 unspecified atom stereocenters. The van der Waals surface area contributed by atoms with Crippen molar-refractivity contribution < 1.29 is 19.1 Å². The minimum atomic E-state index is -1.17. The second-order valence-electron chi connectivity index (χ2n) is 3.78. The van der Waals surface area contributed by atoms with Crippen LogP contribution in [-0.4, -0.2) is 35.0 Å². The number of terminal acetylenes is 1. The molecular weight excluding hydrogens is 237 g/mol. The number of amides is 1. The van der Waals surface area contributed by atoms with Gasteiger partial charge in [-0.05, 0) is 30.7 Å². The van der Waals surface area contributed by atoms with Crippen molar-refractivity contribution in [1.29, 1.82) is 0 Å². The smallest absolute Gasteiger partial charge is 0.323 e. The summed E-state index contributed by atoms with van der Waals surface area (Å²) in [5.41, 5.74) is 0.665. The second-order valence-corrected chi connectivity index (χ2v) is 3.78. The fraction of sp³-hybridized carbons (Fsp3) is 0.231. The summed E-state index contributed by atoms with van der Waals surface area (Å²) in [5, 5.41) is 8.68. The maximum atomic E-state index is 13.2. The Morgan fingerprint density at radius 1 is 1.44 bits per heavy atom. The fourth-order valence-electron chi connectivity index (χ4n) is 1.52. The summed E-state index contributed by atoms with van der Waals surface area (Å²) in [7, 11) is 0. The first-order valence-electron chi connectivity index (χ1n) is 5.15. The van der Waals surface area contributed by atoms with Gasteiger partial charge in [-0.2, -0.15) is 0 Å². The molecule has 0 aliphatic rings. The molecule has 0 spiro atoms. The normalized spacial score (nSPS) is 9.61. The third-order valence-corrected chi connectivity index (χ3v) is 2.18. The van der Waals surface area contributed by atoms with Crippen LogP contribution in [0, 0.1) is 25.1 Å². The fourth-order valence-corrected chi connectivity index (χ4v) is 1.52. The SMILES string of the molecule is C#CCN(CC(=O)O)C(=O)c1cc(C)cc(F)c1. The summed E-state index contributed by atoms with van der Waals surface area (Å²) in [4.78, 5) is 23.6. The predicted molar refractivity (Wildman–Crippen MR) is 63.5 cm³/mol. The molecule has 1 rings (SSSR count). The number of aliphatic carboxylic acids is 1. The lowest BCUT2D eigenvalue weighted by Gasteiger charge is -2.18. The number of carboxylic acid groups (broad SMARTS) is 1. The molecule has 94 valence electrons. The highest BCUT2D eigenvalue weighted by Crippen LogP contribution is 2.11. The van der Waals surface area contributed by atoms with Gasteiger partial charge in [-0.1, -0.05) is 5.92 Å². The third-order valence-electron chi connectivity index (χ3n) is 2.18. The summed E-state index contributed by atoms with van der Waals surface area (Å²) in [6.07, 6.45) is 5.07. The molecule has 0 saturated carbocycles. The Hall–Kier alpha value is -2.35. The molecule has 4 nitrogen and oxygen atoms in total. The van der Waals surface area contributed by atoms with Gasteiger partial charge in [-0.25, -0.2) is 4.39 Å². The van der Waals surface area contributed by atoms with Gasteiger partial charge in [0, 0.05) is 5.56 Å². The van der Waals surface area contributed by atoms with Gasteiger partial charge in [0.15, 0.2) is 0 Å². The molecule has 18 heavy (non-hydrogen) atoms. The average Bonchev–Trinajstić information content (AvgIpc) is 2.25. The minimum Gasteiger partial charge on any atom is -0.480 e. The Balaban J connectivity index is 3.01. The number of hydrogen-bond acceptors (Lipinski definition) is 2. The Labute approximate surface area is 104 Å². The molecule has 0 bridgehead atoms. The topological polar surface area (TPSA) is 57.6 Å². The number of carboxylic acids is 1. The van der Waals surface area contributed by atoms with E-state index < -0.39 is 24.2 Å². The molecule has 0 atom stereocenters. The second kappa shape index (κ2) is 5.82. The summed E-state index contributed by atoms with van der Waals surface area (Å²) in [6, 6.07) is 3.82. The van der Waals surface area contributed by atoms with E-state index in [1.807, 2.05) is 0 Å². The number of carbonyl (C=O) groups is 2. The van der Waals surface area contributed by atoms with Crippen LogP contribution in [0.1, 0.15) is 15.9 Å². The van der Waals surface area contributed by atoms with E-state index in [1.165, 1.54) is 12.1 Å². The molecule has 0 radical (unpaired) electrons. The van der Waals surface area contributed by atoms with E-state index in [1.54, 1.807) is 6.92 Å². The standard InChI is InChI=1S/C13H12FNO3/c1-3-4-15(8-12(16)17)13(18)10-5-9(2)6-11(14)7-10/h1,5-7H,4,8H2,2H3,(H,16,17). The lowest BCUT2D eigenvalue weighted by atomic mass is 10.1. The van der Waals surface area contributed by atoms with Crippen molar-refractivity contribution in [2.24, 2.45) is 0 Å². The van der Waals surface area contributed by atoms with Crippen LogP contribution in [0.25, 0.3) is 0 Å². The molecule has 0 fully saturated rings. The summed E-state index contributed by atoms with van der Waals surface area (Å²) >= 11 is 0. The van der Waals surface area contributed by atoms with Crippen LogP contribution in [0.4, 0.5) is 4.39 Å². The van der Waals surface area contributed by atoms with Gasteiger partial charge in [-0.15, -0.1) is 6.42 Å². The van der Waals surface area contributed by atoms with Crippen LogP contribution in [0.15, 0.2) is 18.2 Å². The Morgan fingerprint density at radius 3 is 2.61 bits per heavy atom. The summed E-state index contributed by atoms with van der Waals surface area (Å²) in [5.74, 6) is -0.119. The highest BCUT2D eigenvalue weighted by Gasteiger charge is 2.18. The third kappa shape index (κ3) is 3.59. The molecule has 0 heterocycles. The first-order valence-corrected chi connectivity index (χ1v) is 5.15. The van der Waals surface area contributed by atoms with Crippen molar-refractivity contribution in [2.75, 3.05) is 13.1 Å². The number of carbonyl (C=O) groups excluding carboxylic acids is 1.